The van der Waals surface area contributed by atoms with E-state index in [1.54, 1.807) is 0 Å². The van der Waals surface area contributed by atoms with Crippen LogP contribution in [0, 0.1) is 0 Å². The third-order valence-corrected chi connectivity index (χ3v) is 13.2. The monoisotopic (exact) mass is 976 g/mol. The predicted molar refractivity (Wildman–Crippen MR) is 288 cm³/mol. The molecule has 0 aromatic carbocycles. The van der Waals surface area contributed by atoms with Gasteiger partial charge in [-0.3, -0.25) is 9.59 Å². The summed E-state index contributed by atoms with van der Waals surface area (Å²) in [6, 6.07) is 0. The molecule has 0 radical (unpaired) electrons. The first-order chi connectivity index (χ1) is 33.6. The number of carboxylic acids is 1. The molecule has 0 N–H and O–H groups in total. The highest BCUT2D eigenvalue weighted by Crippen LogP contribution is 2.17. The number of carbonyl (C=O) groups excluding carboxylic acids is 3. The average molecular weight is 977 g/mol. The van der Waals surface area contributed by atoms with Gasteiger partial charge >= 0.3 is 11.9 Å². The van der Waals surface area contributed by atoms with Crippen molar-refractivity contribution >= 4 is 17.9 Å². The number of carbonyl (C=O) groups is 3. The number of likely N-dealkylation sites (N-methyl/N-ethyl adjacent to an activating group) is 1. The number of quaternary nitrogens is 1. The van der Waals surface area contributed by atoms with Crippen molar-refractivity contribution in [2.45, 2.75) is 296 Å². The Labute approximate surface area is 427 Å². The minimum atomic E-state index is -1.62. The molecule has 9 heteroatoms. The summed E-state index contributed by atoms with van der Waals surface area (Å²) in [7, 11) is 5.93. The van der Waals surface area contributed by atoms with Gasteiger partial charge in [-0.05, 0) is 44.9 Å². The second-order valence-corrected chi connectivity index (χ2v) is 21.3. The van der Waals surface area contributed by atoms with Crippen LogP contribution in [-0.2, 0) is 33.3 Å². The molecule has 0 bridgehead atoms. The molecule has 0 amide bonds. The summed E-state index contributed by atoms with van der Waals surface area (Å²) in [5.41, 5.74) is 0. The van der Waals surface area contributed by atoms with Crippen LogP contribution in [0.25, 0.3) is 0 Å². The quantitative estimate of drug-likeness (QED) is 0.0195. The van der Waals surface area contributed by atoms with Crippen LogP contribution in [0.15, 0.2) is 24.3 Å². The molecule has 0 fully saturated rings. The summed E-state index contributed by atoms with van der Waals surface area (Å²) in [5, 5.41) is 11.8. The molecule has 69 heavy (non-hydrogen) atoms. The maximum Gasteiger partial charge on any atom is 0.306 e. The number of aliphatic carboxylic acids is 1. The molecule has 0 saturated heterocycles. The number of hydrogen-bond acceptors (Lipinski definition) is 8. The summed E-state index contributed by atoms with van der Waals surface area (Å²) in [6.45, 7) is 4.79. The van der Waals surface area contributed by atoms with Crippen LogP contribution >= 0.6 is 0 Å². The van der Waals surface area contributed by atoms with E-state index in [1.165, 1.54) is 212 Å². The van der Waals surface area contributed by atoms with Crippen molar-refractivity contribution in [2.75, 3.05) is 47.5 Å². The Hall–Kier alpha value is -2.23. The Morgan fingerprint density at radius 3 is 1.14 bits per heavy atom. The molecule has 0 spiro atoms. The molecular formula is C60H113NO8. The Balaban J connectivity index is 4.17. The lowest BCUT2D eigenvalue weighted by Gasteiger charge is -2.26. The van der Waals surface area contributed by atoms with Gasteiger partial charge in [0.15, 0.2) is 12.4 Å². The van der Waals surface area contributed by atoms with E-state index in [9.17, 15) is 19.5 Å². The summed E-state index contributed by atoms with van der Waals surface area (Å²) < 4.78 is 22.7. The Morgan fingerprint density at radius 1 is 0.435 bits per heavy atom. The lowest BCUT2D eigenvalue weighted by molar-refractivity contribution is -0.870. The van der Waals surface area contributed by atoms with Crippen molar-refractivity contribution in [1.29, 1.82) is 0 Å². The van der Waals surface area contributed by atoms with Crippen molar-refractivity contribution in [2.24, 2.45) is 0 Å². The highest BCUT2D eigenvalue weighted by molar-refractivity contribution is 5.70. The van der Waals surface area contributed by atoms with E-state index in [-0.39, 0.29) is 32.2 Å². The molecular weight excluding hydrogens is 863 g/mol. The van der Waals surface area contributed by atoms with Crippen molar-refractivity contribution < 1.29 is 42.9 Å². The Morgan fingerprint density at radius 2 is 0.783 bits per heavy atom. The molecule has 0 saturated carbocycles. The maximum atomic E-state index is 12.9. The number of ether oxygens (including phenoxy) is 4. The highest BCUT2D eigenvalue weighted by Gasteiger charge is 2.22. The minimum Gasteiger partial charge on any atom is -0.545 e. The molecule has 0 aromatic heterocycles. The van der Waals surface area contributed by atoms with E-state index in [4.69, 9.17) is 18.9 Å². The molecule has 0 aliphatic rings. The maximum absolute atomic E-state index is 12.9. The van der Waals surface area contributed by atoms with Gasteiger partial charge in [-0.1, -0.05) is 250 Å². The predicted octanol–water partition coefficient (Wildman–Crippen LogP) is 15.8. The van der Waals surface area contributed by atoms with E-state index in [2.05, 4.69) is 38.2 Å². The molecule has 0 aliphatic carbocycles. The van der Waals surface area contributed by atoms with Gasteiger partial charge in [-0.2, -0.15) is 0 Å². The van der Waals surface area contributed by atoms with Crippen molar-refractivity contribution in [3.05, 3.63) is 24.3 Å². The van der Waals surface area contributed by atoms with Gasteiger partial charge in [0.05, 0.1) is 40.3 Å². The van der Waals surface area contributed by atoms with E-state index < -0.39 is 24.3 Å². The Bertz CT molecular complexity index is 1180. The molecule has 2 unspecified atom stereocenters. The highest BCUT2D eigenvalue weighted by atomic mass is 16.7. The van der Waals surface area contributed by atoms with Gasteiger partial charge in [0.1, 0.15) is 13.2 Å². The number of hydrogen-bond donors (Lipinski definition) is 0. The first-order valence-corrected chi connectivity index (χ1v) is 29.5. The van der Waals surface area contributed by atoms with Crippen LogP contribution in [0.1, 0.15) is 284 Å². The molecule has 0 aliphatic heterocycles. The summed E-state index contributed by atoms with van der Waals surface area (Å²) in [5.74, 6) is -2.26. The van der Waals surface area contributed by atoms with Gasteiger partial charge in [0, 0.05) is 12.8 Å². The molecule has 0 aromatic rings. The van der Waals surface area contributed by atoms with E-state index >= 15 is 0 Å². The lowest BCUT2D eigenvalue weighted by atomic mass is 10.0. The second-order valence-electron chi connectivity index (χ2n) is 21.3. The van der Waals surface area contributed by atoms with Crippen LogP contribution in [0.2, 0.25) is 0 Å². The number of unbranched alkanes of at least 4 members (excludes halogenated alkanes) is 36. The number of esters is 2. The molecule has 0 heterocycles. The number of nitrogens with zero attached hydrogens (tertiary/aromatic N) is 1. The second kappa shape index (κ2) is 52.1. The van der Waals surface area contributed by atoms with E-state index in [0.717, 1.165) is 44.9 Å². The van der Waals surface area contributed by atoms with Crippen LogP contribution in [0.4, 0.5) is 0 Å². The molecule has 9 nitrogen and oxygen atoms in total. The van der Waals surface area contributed by atoms with Crippen LogP contribution in [0.3, 0.4) is 0 Å². The minimum absolute atomic E-state index is 0.151. The molecule has 0 rings (SSSR count). The standard InChI is InChI=1S/C60H113NO8/c1-6-8-10-12-14-16-18-20-22-24-25-26-27-28-29-30-31-32-33-35-37-39-41-43-45-47-49-51-58(63)69-56(55-68-60(59(64)65)66-53-52-61(3,4)5)54-67-57(62)50-48-46-44-42-40-38-36-34-23-21-19-17-15-13-11-9-7-2/h18,20,24-25,56,60H,6-17,19,21-23,26-55H2,1-5H3/b20-18-,25-24-. The fraction of sp³-hybridized carbons (Fsp3) is 0.883. The summed E-state index contributed by atoms with van der Waals surface area (Å²) >= 11 is 0. The Kier molecular flexibility index (Phi) is 50.4. The average Bonchev–Trinajstić information content (AvgIpc) is 3.31. The largest absolute Gasteiger partial charge is 0.545 e. The number of allylic oxidation sites excluding steroid dienone is 4. The van der Waals surface area contributed by atoms with E-state index in [1.807, 2.05) is 21.1 Å². The van der Waals surface area contributed by atoms with Gasteiger partial charge in [0.2, 0.25) is 0 Å². The molecule has 406 valence electrons. The normalized spacial score (nSPS) is 12.9. The smallest absolute Gasteiger partial charge is 0.306 e. The van der Waals surface area contributed by atoms with Gasteiger partial charge in [-0.25, -0.2) is 0 Å². The topological polar surface area (TPSA) is 111 Å². The zero-order valence-corrected chi connectivity index (χ0v) is 46.2. The lowest BCUT2D eigenvalue weighted by Crippen LogP contribution is -2.44. The fourth-order valence-electron chi connectivity index (χ4n) is 8.63. The third-order valence-electron chi connectivity index (χ3n) is 13.2. The first-order valence-electron chi connectivity index (χ1n) is 29.5. The summed E-state index contributed by atoms with van der Waals surface area (Å²) in [6.07, 6.45) is 58.0. The third kappa shape index (κ3) is 53.4. The number of rotatable bonds is 55. The van der Waals surface area contributed by atoms with Gasteiger partial charge < -0.3 is 33.3 Å². The van der Waals surface area contributed by atoms with Crippen LogP contribution in [0.5, 0.6) is 0 Å². The zero-order chi connectivity index (χ0) is 50.6. The number of carboxylic acid groups (broad SMARTS) is 1. The van der Waals surface area contributed by atoms with E-state index in [0.29, 0.717) is 17.4 Å². The first kappa shape index (κ1) is 66.8. The van der Waals surface area contributed by atoms with Crippen molar-refractivity contribution in [3.8, 4) is 0 Å². The van der Waals surface area contributed by atoms with Crippen LogP contribution < -0.4 is 5.11 Å². The molecule has 2 atom stereocenters. The fourth-order valence-corrected chi connectivity index (χ4v) is 8.63. The van der Waals surface area contributed by atoms with Crippen molar-refractivity contribution in [3.63, 3.8) is 0 Å². The van der Waals surface area contributed by atoms with Gasteiger partial charge in [-0.15, -0.1) is 0 Å². The zero-order valence-electron chi connectivity index (χ0n) is 46.2. The van der Waals surface area contributed by atoms with Gasteiger partial charge in [0.25, 0.3) is 0 Å². The van der Waals surface area contributed by atoms with Crippen LogP contribution in [-0.4, -0.2) is 82.3 Å². The SMILES string of the molecule is CCCCCCC/C=C\C/C=C\CCCCCCCCCCCCCCCCCC(=O)OC(COC(=O)CCCCCCCCCCCCCCCCCCC)COC(OCC[N+](C)(C)C)C(=O)[O-]. The summed E-state index contributed by atoms with van der Waals surface area (Å²) in [4.78, 5) is 37.3. The van der Waals surface area contributed by atoms with Crippen molar-refractivity contribution in [1.82, 2.24) is 0 Å².